The van der Waals surface area contributed by atoms with Gasteiger partial charge in [-0.1, -0.05) is 19.3 Å². The molecule has 1 fully saturated rings. The maximum absolute atomic E-state index is 12.3. The SMILES string of the molecule is NC1CCCCCC1C(=O)N[C@@H](Cc1cnc[nH]1)C(=O)O. The summed E-state index contributed by atoms with van der Waals surface area (Å²) in [6.45, 7) is 0. The van der Waals surface area contributed by atoms with Crippen LogP contribution in [0.4, 0.5) is 0 Å². The number of amides is 1. The number of aromatic amines is 1. The van der Waals surface area contributed by atoms with Gasteiger partial charge in [0.15, 0.2) is 0 Å². The highest BCUT2D eigenvalue weighted by molar-refractivity contribution is 5.85. The number of rotatable bonds is 5. The van der Waals surface area contributed by atoms with Gasteiger partial charge >= 0.3 is 5.97 Å². The molecule has 1 saturated carbocycles. The zero-order valence-corrected chi connectivity index (χ0v) is 11.9. The molecule has 1 aliphatic carbocycles. The van der Waals surface area contributed by atoms with Crippen molar-refractivity contribution in [1.29, 1.82) is 0 Å². The number of nitrogens with two attached hydrogens (primary N) is 1. The summed E-state index contributed by atoms with van der Waals surface area (Å²) in [4.78, 5) is 30.3. The Balaban J connectivity index is 1.98. The topological polar surface area (TPSA) is 121 Å². The number of H-pyrrole nitrogens is 1. The first-order chi connectivity index (χ1) is 10.1. The maximum Gasteiger partial charge on any atom is 0.326 e. The molecule has 2 rings (SSSR count). The minimum absolute atomic E-state index is 0.184. The number of hydrogen-bond donors (Lipinski definition) is 4. The molecule has 7 heteroatoms. The molecule has 2 unspecified atom stereocenters. The number of carboxylic acids is 1. The highest BCUT2D eigenvalue weighted by atomic mass is 16.4. The molecule has 21 heavy (non-hydrogen) atoms. The van der Waals surface area contributed by atoms with Gasteiger partial charge in [0.25, 0.3) is 0 Å². The number of hydrogen-bond acceptors (Lipinski definition) is 4. The fraction of sp³-hybridized carbons (Fsp3) is 0.643. The summed E-state index contributed by atoms with van der Waals surface area (Å²) in [6.07, 6.45) is 7.83. The third kappa shape index (κ3) is 4.29. The molecule has 7 nitrogen and oxygen atoms in total. The van der Waals surface area contributed by atoms with E-state index in [1.165, 1.54) is 6.33 Å². The lowest BCUT2D eigenvalue weighted by Crippen LogP contribution is -2.48. The number of aliphatic carboxylic acids is 1. The number of carbonyl (C=O) groups is 2. The van der Waals surface area contributed by atoms with Crippen LogP contribution in [0.5, 0.6) is 0 Å². The molecule has 0 saturated heterocycles. The van der Waals surface area contributed by atoms with Gasteiger partial charge < -0.3 is 21.1 Å². The monoisotopic (exact) mass is 294 g/mol. The second kappa shape index (κ2) is 7.21. The third-order valence-corrected chi connectivity index (χ3v) is 4.00. The molecule has 5 N–H and O–H groups in total. The van der Waals surface area contributed by atoms with E-state index in [2.05, 4.69) is 15.3 Å². The van der Waals surface area contributed by atoms with Gasteiger partial charge in [-0.2, -0.15) is 0 Å². The normalized spacial score (nSPS) is 24.0. The summed E-state index contributed by atoms with van der Waals surface area (Å²) in [5.41, 5.74) is 6.72. The minimum Gasteiger partial charge on any atom is -0.480 e. The lowest BCUT2D eigenvalue weighted by Gasteiger charge is -2.23. The lowest BCUT2D eigenvalue weighted by molar-refractivity contribution is -0.142. The lowest BCUT2D eigenvalue weighted by atomic mass is 9.94. The fourth-order valence-electron chi connectivity index (χ4n) is 2.76. The van der Waals surface area contributed by atoms with Crippen molar-refractivity contribution in [2.24, 2.45) is 11.7 Å². The molecular formula is C14H22N4O3. The number of carboxylic acid groups (broad SMARTS) is 1. The van der Waals surface area contributed by atoms with Gasteiger partial charge in [0.05, 0.1) is 12.2 Å². The standard InChI is InChI=1S/C14H22N4O3/c15-11-5-3-1-2-4-10(11)13(19)18-12(14(20)21)6-9-7-16-8-17-9/h7-8,10-12H,1-6,15H2,(H,16,17)(H,18,19)(H,20,21)/t10?,11?,12-/m0/s1. The molecule has 0 bridgehead atoms. The van der Waals surface area contributed by atoms with Crippen molar-refractivity contribution < 1.29 is 14.7 Å². The number of carbonyl (C=O) groups excluding carboxylic acids is 1. The molecule has 0 aromatic carbocycles. The summed E-state index contributed by atoms with van der Waals surface area (Å²) in [7, 11) is 0. The summed E-state index contributed by atoms with van der Waals surface area (Å²) in [5, 5.41) is 11.9. The average Bonchev–Trinajstić information content (AvgIpc) is 2.85. The van der Waals surface area contributed by atoms with Crippen LogP contribution in [0, 0.1) is 5.92 Å². The molecule has 0 spiro atoms. The molecule has 1 aromatic heterocycles. The van der Waals surface area contributed by atoms with E-state index in [1.807, 2.05) is 0 Å². The summed E-state index contributed by atoms with van der Waals surface area (Å²) in [5.74, 6) is -1.60. The Morgan fingerprint density at radius 3 is 2.86 bits per heavy atom. The molecule has 3 atom stereocenters. The van der Waals surface area contributed by atoms with E-state index in [0.717, 1.165) is 32.1 Å². The molecule has 0 radical (unpaired) electrons. The van der Waals surface area contributed by atoms with Crippen LogP contribution in [0.15, 0.2) is 12.5 Å². The minimum atomic E-state index is -1.06. The van der Waals surface area contributed by atoms with Gasteiger partial charge in [0.2, 0.25) is 5.91 Å². The van der Waals surface area contributed by atoms with E-state index in [9.17, 15) is 14.7 Å². The van der Waals surface area contributed by atoms with E-state index in [0.29, 0.717) is 5.69 Å². The first-order valence-corrected chi connectivity index (χ1v) is 7.34. The maximum atomic E-state index is 12.3. The van der Waals surface area contributed by atoms with Gasteiger partial charge in [0.1, 0.15) is 6.04 Å². The first kappa shape index (κ1) is 15.5. The van der Waals surface area contributed by atoms with E-state index in [1.54, 1.807) is 6.20 Å². The largest absolute Gasteiger partial charge is 0.480 e. The van der Waals surface area contributed by atoms with Crippen LogP contribution in [-0.2, 0) is 16.0 Å². The molecule has 1 heterocycles. The van der Waals surface area contributed by atoms with E-state index >= 15 is 0 Å². The fourth-order valence-corrected chi connectivity index (χ4v) is 2.76. The Morgan fingerprint density at radius 1 is 1.43 bits per heavy atom. The summed E-state index contributed by atoms with van der Waals surface area (Å²) < 4.78 is 0. The van der Waals surface area contributed by atoms with Crippen LogP contribution in [0.1, 0.15) is 37.8 Å². The van der Waals surface area contributed by atoms with Crippen molar-refractivity contribution in [3.05, 3.63) is 18.2 Å². The predicted octanol–water partition coefficient (Wildman–Crippen LogP) is 0.429. The van der Waals surface area contributed by atoms with Gasteiger partial charge in [-0.05, 0) is 12.8 Å². The van der Waals surface area contributed by atoms with Crippen molar-refractivity contribution in [3.63, 3.8) is 0 Å². The number of nitrogens with one attached hydrogen (secondary N) is 2. The molecule has 1 aliphatic rings. The highest BCUT2D eigenvalue weighted by Gasteiger charge is 2.30. The molecule has 1 amide bonds. The van der Waals surface area contributed by atoms with Crippen molar-refractivity contribution >= 4 is 11.9 Å². The van der Waals surface area contributed by atoms with Crippen LogP contribution >= 0.6 is 0 Å². The molecule has 1 aromatic rings. The Kier molecular flexibility index (Phi) is 5.32. The third-order valence-electron chi connectivity index (χ3n) is 4.00. The Bertz CT molecular complexity index is 475. The summed E-state index contributed by atoms with van der Waals surface area (Å²) in [6, 6.07) is -1.15. The van der Waals surface area contributed by atoms with Gasteiger partial charge in [0, 0.05) is 24.4 Å². The first-order valence-electron chi connectivity index (χ1n) is 7.34. The second-order valence-corrected chi connectivity index (χ2v) is 5.59. The van der Waals surface area contributed by atoms with Crippen LogP contribution < -0.4 is 11.1 Å². The van der Waals surface area contributed by atoms with E-state index in [-0.39, 0.29) is 24.3 Å². The average molecular weight is 294 g/mol. The van der Waals surface area contributed by atoms with Crippen molar-refractivity contribution in [3.8, 4) is 0 Å². The zero-order valence-electron chi connectivity index (χ0n) is 11.9. The molecule has 116 valence electrons. The Hall–Kier alpha value is -1.89. The Morgan fingerprint density at radius 2 is 2.19 bits per heavy atom. The van der Waals surface area contributed by atoms with Crippen LogP contribution in [0.25, 0.3) is 0 Å². The number of aromatic nitrogens is 2. The number of nitrogens with zero attached hydrogens (tertiary/aromatic N) is 1. The van der Waals surface area contributed by atoms with Gasteiger partial charge in [-0.25, -0.2) is 9.78 Å². The van der Waals surface area contributed by atoms with Crippen LogP contribution in [0.2, 0.25) is 0 Å². The van der Waals surface area contributed by atoms with Crippen molar-refractivity contribution in [1.82, 2.24) is 15.3 Å². The highest BCUT2D eigenvalue weighted by Crippen LogP contribution is 2.22. The van der Waals surface area contributed by atoms with Crippen molar-refractivity contribution in [2.45, 2.75) is 50.6 Å². The zero-order chi connectivity index (χ0) is 15.2. The smallest absolute Gasteiger partial charge is 0.326 e. The van der Waals surface area contributed by atoms with E-state index < -0.39 is 12.0 Å². The Labute approximate surface area is 123 Å². The molecular weight excluding hydrogens is 272 g/mol. The quantitative estimate of drug-likeness (QED) is 0.587. The second-order valence-electron chi connectivity index (χ2n) is 5.59. The van der Waals surface area contributed by atoms with Gasteiger partial charge in [-0.15, -0.1) is 0 Å². The summed E-state index contributed by atoms with van der Waals surface area (Å²) >= 11 is 0. The number of imidazole rings is 1. The molecule has 0 aliphatic heterocycles. The van der Waals surface area contributed by atoms with Gasteiger partial charge in [-0.3, -0.25) is 4.79 Å². The van der Waals surface area contributed by atoms with Crippen LogP contribution in [0.3, 0.4) is 0 Å². The van der Waals surface area contributed by atoms with Crippen molar-refractivity contribution in [2.75, 3.05) is 0 Å². The van der Waals surface area contributed by atoms with Crippen LogP contribution in [-0.4, -0.2) is 39.0 Å². The predicted molar refractivity (Wildman–Crippen MR) is 76.4 cm³/mol. The van der Waals surface area contributed by atoms with E-state index in [4.69, 9.17) is 5.73 Å².